The lowest BCUT2D eigenvalue weighted by Gasteiger charge is -2.20. The van der Waals surface area contributed by atoms with Crippen molar-refractivity contribution < 1.29 is 0 Å². The summed E-state index contributed by atoms with van der Waals surface area (Å²) >= 11 is 1.85. The topological polar surface area (TPSA) is 48.5 Å². The molecule has 0 radical (unpaired) electrons. The highest BCUT2D eigenvalue weighted by Gasteiger charge is 2.25. The van der Waals surface area contributed by atoms with E-state index in [4.69, 9.17) is 15.0 Å². The Kier molecular flexibility index (Phi) is 7.47. The molecule has 9 aromatic carbocycles. The Labute approximate surface area is 355 Å². The molecule has 0 bridgehead atoms. The minimum Gasteiger partial charge on any atom is -0.309 e. The third-order valence-electron chi connectivity index (χ3n) is 12.2. The highest BCUT2D eigenvalue weighted by atomic mass is 32.2. The normalized spacial score (nSPS) is 12.2. The summed E-state index contributed by atoms with van der Waals surface area (Å²) in [5, 5.41) is 7.30. The molecule has 0 amide bonds. The first-order chi connectivity index (χ1) is 30.2. The van der Waals surface area contributed by atoms with Crippen LogP contribution >= 0.6 is 11.8 Å². The average molecular weight is 796 g/mol. The van der Waals surface area contributed by atoms with Gasteiger partial charge < -0.3 is 4.57 Å². The Bertz CT molecular complexity index is 3660. The standard InChI is InChI=1S/C55H33N5S/c1-4-14-35(15-5-1)53-56-54(36-16-6-2-7-17-36)58-55(57-53)60-48-29-27-38(37-26-28-47-42(30-37)40-22-10-11-24-46(40)59(47)39-20-8-3-9-21-39)31-43(48)44-33-51-45(32-49(44)60)41-23-12-18-34-19-13-25-50(61-51)52(34)41/h1-33H. The smallest absolute Gasteiger partial charge is 0.238 e. The predicted molar refractivity (Wildman–Crippen MR) is 252 cm³/mol. The van der Waals surface area contributed by atoms with Gasteiger partial charge in [-0.3, -0.25) is 4.57 Å². The van der Waals surface area contributed by atoms with E-state index in [0.29, 0.717) is 17.6 Å². The highest BCUT2D eigenvalue weighted by molar-refractivity contribution is 7.99. The number of hydrogen-bond donors (Lipinski definition) is 0. The fourth-order valence-corrected chi connectivity index (χ4v) is 10.5. The zero-order valence-electron chi connectivity index (χ0n) is 32.7. The summed E-state index contributed by atoms with van der Waals surface area (Å²) in [6.07, 6.45) is 0. The summed E-state index contributed by atoms with van der Waals surface area (Å²) in [5.74, 6) is 1.84. The minimum atomic E-state index is 0.581. The maximum Gasteiger partial charge on any atom is 0.238 e. The van der Waals surface area contributed by atoms with Crippen molar-refractivity contribution >= 4 is 66.1 Å². The number of rotatable bonds is 5. The SMILES string of the molecule is c1ccc(-c2nc(-c3ccccc3)nc(-n3c4ccc(-c5ccc6c(c5)c5ccccc5n6-c5ccccc5)cc4c4cc5c(cc43)-c3cccc4cccc(c34)S5)n2)cc1. The van der Waals surface area contributed by atoms with Crippen LogP contribution in [0.4, 0.5) is 0 Å². The largest absolute Gasteiger partial charge is 0.309 e. The van der Waals surface area contributed by atoms with Crippen LogP contribution in [0.5, 0.6) is 0 Å². The molecule has 284 valence electrons. The summed E-state index contributed by atoms with van der Waals surface area (Å²) in [5.41, 5.74) is 12.3. The number of para-hydroxylation sites is 2. The average Bonchev–Trinajstić information content (AvgIpc) is 3.83. The Morgan fingerprint density at radius 1 is 0.344 bits per heavy atom. The van der Waals surface area contributed by atoms with E-state index >= 15 is 0 Å². The number of nitrogens with zero attached hydrogens (tertiary/aromatic N) is 5. The number of aromatic nitrogens is 5. The van der Waals surface area contributed by atoms with Gasteiger partial charge in [-0.1, -0.05) is 151 Å². The molecule has 1 aliphatic heterocycles. The summed E-state index contributed by atoms with van der Waals surface area (Å²) in [4.78, 5) is 18.1. The number of hydrogen-bond acceptors (Lipinski definition) is 4. The van der Waals surface area contributed by atoms with E-state index in [0.717, 1.165) is 49.7 Å². The Morgan fingerprint density at radius 2 is 0.918 bits per heavy atom. The molecule has 61 heavy (non-hydrogen) atoms. The lowest BCUT2D eigenvalue weighted by molar-refractivity contribution is 0.953. The van der Waals surface area contributed by atoms with Gasteiger partial charge in [0, 0.05) is 53.5 Å². The molecule has 0 atom stereocenters. The molecule has 4 heterocycles. The van der Waals surface area contributed by atoms with Gasteiger partial charge in [-0.25, -0.2) is 4.98 Å². The fraction of sp³-hybridized carbons (Fsp3) is 0. The van der Waals surface area contributed by atoms with Gasteiger partial charge >= 0.3 is 0 Å². The lowest BCUT2D eigenvalue weighted by Crippen LogP contribution is -2.06. The van der Waals surface area contributed by atoms with Gasteiger partial charge in [-0.2, -0.15) is 9.97 Å². The predicted octanol–water partition coefficient (Wildman–Crippen LogP) is 14.4. The minimum absolute atomic E-state index is 0.581. The molecular formula is C55H33N5S. The van der Waals surface area contributed by atoms with E-state index in [1.165, 1.54) is 53.5 Å². The second-order valence-corrected chi connectivity index (χ2v) is 16.7. The van der Waals surface area contributed by atoms with Crippen molar-refractivity contribution in [1.82, 2.24) is 24.1 Å². The van der Waals surface area contributed by atoms with Crippen molar-refractivity contribution in [2.45, 2.75) is 9.79 Å². The van der Waals surface area contributed by atoms with Crippen LogP contribution in [0.1, 0.15) is 0 Å². The molecule has 6 heteroatoms. The number of benzene rings is 9. The van der Waals surface area contributed by atoms with Crippen molar-refractivity contribution in [3.8, 4) is 56.7 Å². The van der Waals surface area contributed by atoms with Crippen LogP contribution in [-0.4, -0.2) is 24.1 Å². The van der Waals surface area contributed by atoms with Crippen molar-refractivity contribution in [2.75, 3.05) is 0 Å². The fourth-order valence-electron chi connectivity index (χ4n) is 9.38. The van der Waals surface area contributed by atoms with E-state index in [1.807, 2.05) is 48.2 Å². The molecule has 0 aliphatic carbocycles. The molecule has 0 N–H and O–H groups in total. The van der Waals surface area contributed by atoms with E-state index < -0.39 is 0 Å². The van der Waals surface area contributed by atoms with Gasteiger partial charge in [0.2, 0.25) is 5.95 Å². The molecule has 5 nitrogen and oxygen atoms in total. The van der Waals surface area contributed by atoms with Crippen LogP contribution in [0.2, 0.25) is 0 Å². The summed E-state index contributed by atoms with van der Waals surface area (Å²) < 4.78 is 4.62. The van der Waals surface area contributed by atoms with Crippen LogP contribution in [0.25, 0.3) is 111 Å². The highest BCUT2D eigenvalue weighted by Crippen LogP contribution is 2.50. The van der Waals surface area contributed by atoms with Crippen LogP contribution in [0, 0.1) is 0 Å². The van der Waals surface area contributed by atoms with Gasteiger partial charge in [0.1, 0.15) is 0 Å². The molecular weight excluding hydrogens is 763 g/mol. The van der Waals surface area contributed by atoms with Crippen molar-refractivity contribution in [2.24, 2.45) is 0 Å². The maximum atomic E-state index is 5.26. The van der Waals surface area contributed by atoms with E-state index in [2.05, 4.69) is 173 Å². The van der Waals surface area contributed by atoms with Gasteiger partial charge in [-0.15, -0.1) is 0 Å². The number of fused-ring (bicyclic) bond motifs is 8. The first-order valence-corrected chi connectivity index (χ1v) is 21.3. The second-order valence-electron chi connectivity index (χ2n) is 15.6. The summed E-state index contributed by atoms with van der Waals surface area (Å²) in [7, 11) is 0. The summed E-state index contributed by atoms with van der Waals surface area (Å²) in [6.45, 7) is 0. The van der Waals surface area contributed by atoms with Gasteiger partial charge in [0.15, 0.2) is 11.6 Å². The van der Waals surface area contributed by atoms with Crippen LogP contribution in [-0.2, 0) is 0 Å². The quantitative estimate of drug-likeness (QED) is 0.174. The van der Waals surface area contributed by atoms with Crippen LogP contribution in [0.15, 0.2) is 210 Å². The van der Waals surface area contributed by atoms with E-state index in [1.54, 1.807) is 0 Å². The third kappa shape index (κ3) is 5.32. The molecule has 0 unspecified atom stereocenters. The van der Waals surface area contributed by atoms with E-state index in [-0.39, 0.29) is 0 Å². The van der Waals surface area contributed by atoms with Gasteiger partial charge in [-0.05, 0) is 88.3 Å². The zero-order valence-corrected chi connectivity index (χ0v) is 33.5. The molecule has 0 fully saturated rings. The van der Waals surface area contributed by atoms with Crippen molar-refractivity contribution in [3.05, 3.63) is 200 Å². The molecule has 1 aliphatic rings. The molecule has 12 aromatic rings. The van der Waals surface area contributed by atoms with Gasteiger partial charge in [0.05, 0.1) is 22.1 Å². The molecule has 0 spiro atoms. The zero-order chi connectivity index (χ0) is 40.0. The Hall–Kier alpha value is -7.80. The lowest BCUT2D eigenvalue weighted by atomic mass is 9.96. The molecule has 0 saturated carbocycles. The van der Waals surface area contributed by atoms with E-state index in [9.17, 15) is 0 Å². The third-order valence-corrected chi connectivity index (χ3v) is 13.3. The van der Waals surface area contributed by atoms with Crippen molar-refractivity contribution in [1.29, 1.82) is 0 Å². The molecule has 3 aromatic heterocycles. The summed E-state index contributed by atoms with van der Waals surface area (Å²) in [6, 6.07) is 71.5. The van der Waals surface area contributed by atoms with Gasteiger partial charge in [0.25, 0.3) is 0 Å². The first kappa shape index (κ1) is 34.1. The maximum absolute atomic E-state index is 5.26. The molecule has 13 rings (SSSR count). The first-order valence-electron chi connectivity index (χ1n) is 20.5. The monoisotopic (exact) mass is 795 g/mol. The van der Waals surface area contributed by atoms with Crippen LogP contribution in [0.3, 0.4) is 0 Å². The Balaban J connectivity index is 1.08. The van der Waals surface area contributed by atoms with Crippen LogP contribution < -0.4 is 0 Å². The molecule has 0 saturated heterocycles. The van der Waals surface area contributed by atoms with Crippen molar-refractivity contribution in [3.63, 3.8) is 0 Å². The second kappa shape index (κ2) is 13.4. The Morgan fingerprint density at radius 3 is 1.62 bits per heavy atom.